The normalized spacial score (nSPS) is 11.3. The largest absolute Gasteiger partial charge is 0.321 e. The lowest BCUT2D eigenvalue weighted by Gasteiger charge is -2.04. The average Bonchev–Trinajstić information content (AvgIpc) is 2.83. The van der Waals surface area contributed by atoms with Crippen molar-refractivity contribution in [2.24, 2.45) is 0 Å². The van der Waals surface area contributed by atoms with E-state index < -0.39 is 11.7 Å². The van der Waals surface area contributed by atoms with E-state index in [2.05, 4.69) is 10.3 Å². The summed E-state index contributed by atoms with van der Waals surface area (Å²) in [4.78, 5) is 16.2. The van der Waals surface area contributed by atoms with Crippen molar-refractivity contribution in [1.82, 2.24) is 9.38 Å². The van der Waals surface area contributed by atoms with Crippen LogP contribution in [0, 0.1) is 5.82 Å². The topological polar surface area (TPSA) is 46.4 Å². The fourth-order valence-corrected chi connectivity index (χ4v) is 2.51. The predicted octanol–water partition coefficient (Wildman–Crippen LogP) is 4.43. The molecular weight excluding hydrogens is 340 g/mol. The van der Waals surface area contributed by atoms with Crippen molar-refractivity contribution in [1.29, 1.82) is 0 Å². The van der Waals surface area contributed by atoms with E-state index in [4.69, 9.17) is 23.2 Å². The van der Waals surface area contributed by atoms with Gasteiger partial charge in [-0.05, 0) is 36.4 Å². The Morgan fingerprint density at radius 2 is 2.09 bits per heavy atom. The number of anilines is 1. The highest BCUT2D eigenvalue weighted by molar-refractivity contribution is 6.34. The summed E-state index contributed by atoms with van der Waals surface area (Å²) in [6.07, 6.45) is 4.65. The minimum Gasteiger partial charge on any atom is -0.321 e. The van der Waals surface area contributed by atoms with E-state index in [1.54, 1.807) is 16.7 Å². The maximum atomic E-state index is 13.0. The van der Waals surface area contributed by atoms with Crippen LogP contribution in [0.25, 0.3) is 11.7 Å². The number of fused-ring (bicyclic) bond motifs is 1. The van der Waals surface area contributed by atoms with Crippen LogP contribution in [0.4, 0.5) is 10.1 Å². The molecular formula is C16H10Cl2FN3O. The molecule has 1 aromatic carbocycles. The smallest absolute Gasteiger partial charge is 0.248 e. The van der Waals surface area contributed by atoms with Gasteiger partial charge in [0, 0.05) is 12.3 Å². The number of carbonyl (C=O) groups is 1. The molecule has 0 atom stereocenters. The van der Waals surface area contributed by atoms with Crippen molar-refractivity contribution in [2.45, 2.75) is 0 Å². The van der Waals surface area contributed by atoms with Crippen molar-refractivity contribution < 1.29 is 9.18 Å². The molecule has 0 aliphatic carbocycles. The first-order valence-electron chi connectivity index (χ1n) is 6.61. The molecule has 0 fully saturated rings. The second kappa shape index (κ2) is 6.40. The molecule has 116 valence electrons. The summed E-state index contributed by atoms with van der Waals surface area (Å²) in [6.45, 7) is 0. The number of halogens is 3. The molecule has 0 radical (unpaired) electrons. The third-order valence-electron chi connectivity index (χ3n) is 3.10. The number of amides is 1. The molecule has 4 nitrogen and oxygen atoms in total. The lowest BCUT2D eigenvalue weighted by atomic mass is 10.3. The highest BCUT2D eigenvalue weighted by Gasteiger charge is 2.08. The van der Waals surface area contributed by atoms with Gasteiger partial charge in [0.15, 0.2) is 5.15 Å². The van der Waals surface area contributed by atoms with Gasteiger partial charge in [-0.2, -0.15) is 0 Å². The number of imidazole rings is 1. The van der Waals surface area contributed by atoms with E-state index in [9.17, 15) is 9.18 Å². The molecule has 3 rings (SSSR count). The molecule has 0 saturated heterocycles. The van der Waals surface area contributed by atoms with Crippen LogP contribution < -0.4 is 5.32 Å². The van der Waals surface area contributed by atoms with E-state index in [-0.39, 0.29) is 5.02 Å². The molecule has 7 heteroatoms. The Hall–Kier alpha value is -2.37. The summed E-state index contributed by atoms with van der Waals surface area (Å²) < 4.78 is 14.7. The monoisotopic (exact) mass is 349 g/mol. The number of rotatable bonds is 3. The van der Waals surface area contributed by atoms with Crippen LogP contribution in [0.15, 0.2) is 48.7 Å². The van der Waals surface area contributed by atoms with Crippen LogP contribution in [-0.4, -0.2) is 15.3 Å². The zero-order valence-electron chi connectivity index (χ0n) is 11.6. The number of nitrogens with one attached hydrogen (secondary N) is 1. The summed E-state index contributed by atoms with van der Waals surface area (Å²) >= 11 is 11.9. The van der Waals surface area contributed by atoms with Gasteiger partial charge in [-0.3, -0.25) is 9.20 Å². The van der Waals surface area contributed by atoms with Crippen molar-refractivity contribution >= 4 is 46.5 Å². The molecule has 1 N–H and O–H groups in total. The number of pyridine rings is 1. The number of hydrogen-bond donors (Lipinski definition) is 1. The van der Waals surface area contributed by atoms with Gasteiger partial charge in [-0.15, -0.1) is 0 Å². The van der Waals surface area contributed by atoms with E-state index in [1.807, 2.05) is 18.2 Å². The molecule has 2 heterocycles. The average molecular weight is 350 g/mol. The second-order valence-corrected chi connectivity index (χ2v) is 5.43. The van der Waals surface area contributed by atoms with Crippen LogP contribution >= 0.6 is 23.2 Å². The molecule has 0 saturated carbocycles. The fraction of sp³-hybridized carbons (Fsp3) is 0. The molecule has 0 aliphatic rings. The quantitative estimate of drug-likeness (QED) is 0.711. The molecule has 0 bridgehead atoms. The Morgan fingerprint density at radius 1 is 1.26 bits per heavy atom. The van der Waals surface area contributed by atoms with Crippen LogP contribution in [-0.2, 0) is 4.79 Å². The van der Waals surface area contributed by atoms with Gasteiger partial charge in [0.1, 0.15) is 11.5 Å². The third kappa shape index (κ3) is 3.36. The van der Waals surface area contributed by atoms with E-state index in [0.29, 0.717) is 22.2 Å². The van der Waals surface area contributed by atoms with Gasteiger partial charge in [0.05, 0.1) is 16.4 Å². The van der Waals surface area contributed by atoms with Crippen LogP contribution in [0.3, 0.4) is 0 Å². The van der Waals surface area contributed by atoms with E-state index >= 15 is 0 Å². The number of hydrogen-bond acceptors (Lipinski definition) is 2. The minimum atomic E-state index is -0.471. The maximum Gasteiger partial charge on any atom is 0.248 e. The predicted molar refractivity (Wildman–Crippen MR) is 89.3 cm³/mol. The van der Waals surface area contributed by atoms with E-state index in [1.165, 1.54) is 18.2 Å². The van der Waals surface area contributed by atoms with Crippen molar-refractivity contribution in [3.05, 3.63) is 70.4 Å². The van der Waals surface area contributed by atoms with Gasteiger partial charge in [-0.25, -0.2) is 9.37 Å². The summed E-state index contributed by atoms with van der Waals surface area (Å²) in [5.74, 6) is -0.887. The molecule has 1 amide bonds. The first-order valence-corrected chi connectivity index (χ1v) is 7.37. The zero-order chi connectivity index (χ0) is 16.4. The third-order valence-corrected chi connectivity index (χ3v) is 3.69. The second-order valence-electron chi connectivity index (χ2n) is 4.66. The number of benzene rings is 1. The van der Waals surface area contributed by atoms with Crippen molar-refractivity contribution in [3.63, 3.8) is 0 Å². The lowest BCUT2D eigenvalue weighted by molar-refractivity contribution is -0.111. The van der Waals surface area contributed by atoms with Gasteiger partial charge in [0.2, 0.25) is 5.91 Å². The summed E-state index contributed by atoms with van der Waals surface area (Å²) in [5, 5.41) is 2.99. The van der Waals surface area contributed by atoms with Gasteiger partial charge >= 0.3 is 0 Å². The molecule has 3 aromatic rings. The number of aromatic nitrogens is 2. The molecule has 0 spiro atoms. The Labute approximate surface area is 141 Å². The standard InChI is InChI=1S/C16H10Cl2FN3O/c17-11-9-10(19)4-5-12(11)20-15(23)7-6-13-16(18)21-14-3-1-2-8-22(13)14/h1-9H,(H,20,23)/b7-6+. The summed E-state index contributed by atoms with van der Waals surface area (Å²) in [7, 11) is 0. The Kier molecular flexibility index (Phi) is 4.32. The molecule has 2 aromatic heterocycles. The van der Waals surface area contributed by atoms with Crippen molar-refractivity contribution in [3.8, 4) is 0 Å². The summed E-state index contributed by atoms with van der Waals surface area (Å²) in [5.41, 5.74) is 1.59. The van der Waals surface area contributed by atoms with Gasteiger partial charge in [0.25, 0.3) is 0 Å². The van der Waals surface area contributed by atoms with Crippen LogP contribution in [0.5, 0.6) is 0 Å². The Balaban J connectivity index is 1.81. The number of nitrogens with zero attached hydrogens (tertiary/aromatic N) is 2. The fourth-order valence-electron chi connectivity index (χ4n) is 2.06. The SMILES string of the molecule is O=C(/C=C/c1c(Cl)nc2ccccn12)Nc1ccc(F)cc1Cl. The van der Waals surface area contributed by atoms with E-state index in [0.717, 1.165) is 6.07 Å². The Morgan fingerprint density at radius 3 is 2.87 bits per heavy atom. The van der Waals surface area contributed by atoms with Gasteiger partial charge < -0.3 is 5.32 Å². The molecule has 0 aliphatic heterocycles. The zero-order valence-corrected chi connectivity index (χ0v) is 13.1. The first-order chi connectivity index (χ1) is 11.0. The highest BCUT2D eigenvalue weighted by Crippen LogP contribution is 2.23. The van der Waals surface area contributed by atoms with Gasteiger partial charge in [-0.1, -0.05) is 29.3 Å². The molecule has 23 heavy (non-hydrogen) atoms. The highest BCUT2D eigenvalue weighted by atomic mass is 35.5. The first kappa shape index (κ1) is 15.5. The minimum absolute atomic E-state index is 0.125. The number of carbonyl (C=O) groups excluding carboxylic acids is 1. The lowest BCUT2D eigenvalue weighted by Crippen LogP contribution is -2.08. The molecule has 0 unspecified atom stereocenters. The van der Waals surface area contributed by atoms with Crippen molar-refractivity contribution in [2.75, 3.05) is 5.32 Å². The maximum absolute atomic E-state index is 13.0. The Bertz CT molecular complexity index is 921. The van der Waals surface area contributed by atoms with Crippen LogP contribution in [0.2, 0.25) is 10.2 Å². The summed E-state index contributed by atoms with van der Waals surface area (Å²) in [6, 6.07) is 9.22. The van der Waals surface area contributed by atoms with Crippen LogP contribution in [0.1, 0.15) is 5.69 Å².